The second kappa shape index (κ2) is 5.86. The molecule has 0 amide bonds. The predicted molar refractivity (Wildman–Crippen MR) is 62.8 cm³/mol. The van der Waals surface area contributed by atoms with E-state index in [0.29, 0.717) is 12.1 Å². The fourth-order valence-corrected chi connectivity index (χ4v) is 2.95. The van der Waals surface area contributed by atoms with Gasteiger partial charge in [0.1, 0.15) is 0 Å². The standard InChI is InChI=1S/C13H25NO/c14-12-8-4-5-9-13(12)15-10-11-6-2-1-3-7-11/h11-13H,1-10,14H2. The zero-order valence-corrected chi connectivity index (χ0v) is 9.79. The van der Waals surface area contributed by atoms with Crippen LogP contribution >= 0.6 is 0 Å². The maximum absolute atomic E-state index is 6.07. The number of hydrogen-bond donors (Lipinski definition) is 1. The van der Waals surface area contributed by atoms with Gasteiger partial charge in [-0.3, -0.25) is 0 Å². The molecule has 0 aromatic carbocycles. The first-order chi connectivity index (χ1) is 7.36. The molecule has 0 aliphatic heterocycles. The third kappa shape index (κ3) is 3.46. The summed E-state index contributed by atoms with van der Waals surface area (Å²) in [6.07, 6.45) is 12.3. The van der Waals surface area contributed by atoms with Gasteiger partial charge in [-0.1, -0.05) is 32.1 Å². The van der Waals surface area contributed by atoms with Crippen molar-refractivity contribution in [2.75, 3.05) is 6.61 Å². The molecule has 0 saturated heterocycles. The average molecular weight is 211 g/mol. The van der Waals surface area contributed by atoms with Crippen LogP contribution in [0.1, 0.15) is 57.8 Å². The Hall–Kier alpha value is -0.0800. The van der Waals surface area contributed by atoms with Crippen LogP contribution in [0, 0.1) is 5.92 Å². The Bertz CT molecular complexity index is 177. The molecule has 0 heterocycles. The third-order valence-corrected chi connectivity index (χ3v) is 4.02. The van der Waals surface area contributed by atoms with Crippen molar-refractivity contribution in [3.05, 3.63) is 0 Å². The van der Waals surface area contributed by atoms with Gasteiger partial charge < -0.3 is 10.5 Å². The Morgan fingerprint density at radius 2 is 1.53 bits per heavy atom. The Morgan fingerprint density at radius 3 is 2.27 bits per heavy atom. The van der Waals surface area contributed by atoms with Gasteiger partial charge in [0.05, 0.1) is 6.10 Å². The largest absolute Gasteiger partial charge is 0.376 e. The van der Waals surface area contributed by atoms with Crippen molar-refractivity contribution < 1.29 is 4.74 Å². The SMILES string of the molecule is NC1CCCCC1OCC1CCCCC1. The van der Waals surface area contributed by atoms with E-state index in [4.69, 9.17) is 10.5 Å². The van der Waals surface area contributed by atoms with Crippen LogP contribution in [0.25, 0.3) is 0 Å². The maximum atomic E-state index is 6.07. The van der Waals surface area contributed by atoms with Crippen LogP contribution in [0.3, 0.4) is 0 Å². The molecule has 2 saturated carbocycles. The molecule has 2 unspecified atom stereocenters. The second-order valence-electron chi connectivity index (χ2n) is 5.32. The van der Waals surface area contributed by atoms with Crippen molar-refractivity contribution in [2.45, 2.75) is 69.9 Å². The fourth-order valence-electron chi connectivity index (χ4n) is 2.95. The first kappa shape index (κ1) is 11.4. The summed E-state index contributed by atoms with van der Waals surface area (Å²) in [6.45, 7) is 0.971. The van der Waals surface area contributed by atoms with Crippen molar-refractivity contribution >= 4 is 0 Å². The summed E-state index contributed by atoms with van der Waals surface area (Å²) in [6, 6.07) is 0.308. The first-order valence-corrected chi connectivity index (χ1v) is 6.73. The maximum Gasteiger partial charge on any atom is 0.0726 e. The molecule has 2 aliphatic rings. The van der Waals surface area contributed by atoms with Crippen LogP contribution in [0.2, 0.25) is 0 Å². The molecule has 0 bridgehead atoms. The third-order valence-electron chi connectivity index (χ3n) is 4.02. The minimum Gasteiger partial charge on any atom is -0.376 e. The van der Waals surface area contributed by atoms with Crippen molar-refractivity contribution in [1.29, 1.82) is 0 Å². The summed E-state index contributed by atoms with van der Waals surface area (Å²) >= 11 is 0. The van der Waals surface area contributed by atoms with Gasteiger partial charge in [0.15, 0.2) is 0 Å². The average Bonchev–Trinajstić information content (AvgIpc) is 2.29. The number of ether oxygens (including phenoxy) is 1. The number of nitrogens with two attached hydrogens (primary N) is 1. The quantitative estimate of drug-likeness (QED) is 0.779. The lowest BCUT2D eigenvalue weighted by atomic mass is 9.89. The Kier molecular flexibility index (Phi) is 4.45. The topological polar surface area (TPSA) is 35.2 Å². The van der Waals surface area contributed by atoms with Gasteiger partial charge in [-0.2, -0.15) is 0 Å². The van der Waals surface area contributed by atoms with E-state index in [0.717, 1.165) is 18.9 Å². The first-order valence-electron chi connectivity index (χ1n) is 6.73. The highest BCUT2D eigenvalue weighted by Crippen LogP contribution is 2.26. The molecule has 0 spiro atoms. The van der Waals surface area contributed by atoms with Crippen molar-refractivity contribution in [3.63, 3.8) is 0 Å². The van der Waals surface area contributed by atoms with Crippen LogP contribution < -0.4 is 5.73 Å². The second-order valence-corrected chi connectivity index (χ2v) is 5.32. The molecule has 2 nitrogen and oxygen atoms in total. The van der Waals surface area contributed by atoms with E-state index in [-0.39, 0.29) is 0 Å². The van der Waals surface area contributed by atoms with E-state index in [1.807, 2.05) is 0 Å². The summed E-state index contributed by atoms with van der Waals surface area (Å²) < 4.78 is 6.01. The molecule has 0 radical (unpaired) electrons. The molecule has 0 aromatic rings. The van der Waals surface area contributed by atoms with Crippen LogP contribution in [0.15, 0.2) is 0 Å². The zero-order chi connectivity index (χ0) is 10.5. The van der Waals surface area contributed by atoms with E-state index in [1.165, 1.54) is 51.4 Å². The minimum atomic E-state index is 0.308. The van der Waals surface area contributed by atoms with E-state index >= 15 is 0 Å². The van der Waals surface area contributed by atoms with Gasteiger partial charge in [0, 0.05) is 12.6 Å². The van der Waals surface area contributed by atoms with Crippen molar-refractivity contribution in [1.82, 2.24) is 0 Å². The highest BCUT2D eigenvalue weighted by Gasteiger charge is 2.23. The lowest BCUT2D eigenvalue weighted by molar-refractivity contribution is -0.00970. The molecule has 15 heavy (non-hydrogen) atoms. The predicted octanol–water partition coefficient (Wildman–Crippen LogP) is 2.85. The molecule has 2 rings (SSSR count). The van der Waals surface area contributed by atoms with Gasteiger partial charge in [0.25, 0.3) is 0 Å². The number of hydrogen-bond acceptors (Lipinski definition) is 2. The van der Waals surface area contributed by atoms with Crippen LogP contribution in [-0.4, -0.2) is 18.8 Å². The summed E-state index contributed by atoms with van der Waals surface area (Å²) in [7, 11) is 0. The molecule has 88 valence electrons. The summed E-state index contributed by atoms with van der Waals surface area (Å²) in [5, 5.41) is 0. The van der Waals surface area contributed by atoms with Crippen molar-refractivity contribution in [3.8, 4) is 0 Å². The van der Waals surface area contributed by atoms with E-state index in [2.05, 4.69) is 0 Å². The van der Waals surface area contributed by atoms with Gasteiger partial charge in [-0.25, -0.2) is 0 Å². The normalized spacial score (nSPS) is 34.2. The highest BCUT2D eigenvalue weighted by molar-refractivity contribution is 4.79. The Balaban J connectivity index is 1.67. The molecule has 2 heteroatoms. The molecule has 2 N–H and O–H groups in total. The van der Waals surface area contributed by atoms with E-state index in [1.54, 1.807) is 0 Å². The molecule has 2 fully saturated rings. The van der Waals surface area contributed by atoms with Gasteiger partial charge in [-0.15, -0.1) is 0 Å². The molecular weight excluding hydrogens is 186 g/mol. The Morgan fingerprint density at radius 1 is 0.867 bits per heavy atom. The van der Waals surface area contributed by atoms with Gasteiger partial charge >= 0.3 is 0 Å². The van der Waals surface area contributed by atoms with E-state index < -0.39 is 0 Å². The fraction of sp³-hybridized carbons (Fsp3) is 1.00. The lowest BCUT2D eigenvalue weighted by Gasteiger charge is -2.31. The van der Waals surface area contributed by atoms with E-state index in [9.17, 15) is 0 Å². The monoisotopic (exact) mass is 211 g/mol. The summed E-state index contributed by atoms with van der Waals surface area (Å²) in [4.78, 5) is 0. The van der Waals surface area contributed by atoms with Crippen LogP contribution in [0.4, 0.5) is 0 Å². The van der Waals surface area contributed by atoms with Gasteiger partial charge in [0.2, 0.25) is 0 Å². The number of rotatable bonds is 3. The molecule has 2 aliphatic carbocycles. The lowest BCUT2D eigenvalue weighted by Crippen LogP contribution is -2.40. The Labute approximate surface area is 93.6 Å². The van der Waals surface area contributed by atoms with Gasteiger partial charge in [-0.05, 0) is 31.6 Å². The highest BCUT2D eigenvalue weighted by atomic mass is 16.5. The minimum absolute atomic E-state index is 0.308. The van der Waals surface area contributed by atoms with Crippen LogP contribution in [0.5, 0.6) is 0 Å². The zero-order valence-electron chi connectivity index (χ0n) is 9.79. The smallest absolute Gasteiger partial charge is 0.0726 e. The molecule has 0 aromatic heterocycles. The van der Waals surface area contributed by atoms with Crippen molar-refractivity contribution in [2.24, 2.45) is 11.7 Å². The summed E-state index contributed by atoms with van der Waals surface area (Å²) in [5.41, 5.74) is 6.07. The summed E-state index contributed by atoms with van der Waals surface area (Å²) in [5.74, 6) is 0.827. The molecule has 2 atom stereocenters. The van der Waals surface area contributed by atoms with Crippen LogP contribution in [-0.2, 0) is 4.74 Å². The molecular formula is C13H25NO.